The van der Waals surface area contributed by atoms with Crippen molar-refractivity contribution in [1.82, 2.24) is 4.98 Å². The standard InChI is InChI=1S/C12H13NO2S/c1-15-10-4-2-3-9(7-10)11-8-16-12(13-11)5-6-14/h2-4,7-8,14H,5-6H2,1H3. The molecule has 0 unspecified atom stereocenters. The van der Waals surface area contributed by atoms with Crippen molar-refractivity contribution in [3.8, 4) is 17.0 Å². The van der Waals surface area contributed by atoms with E-state index in [0.29, 0.717) is 6.42 Å². The molecule has 84 valence electrons. The molecule has 3 nitrogen and oxygen atoms in total. The fraction of sp³-hybridized carbons (Fsp3) is 0.250. The fourth-order valence-electron chi connectivity index (χ4n) is 1.44. The van der Waals surface area contributed by atoms with Crippen molar-refractivity contribution in [3.05, 3.63) is 34.7 Å². The molecule has 0 fully saturated rings. The Bertz CT molecular complexity index is 468. The molecule has 1 heterocycles. The van der Waals surface area contributed by atoms with Crippen molar-refractivity contribution in [2.45, 2.75) is 6.42 Å². The zero-order valence-electron chi connectivity index (χ0n) is 9.01. The monoisotopic (exact) mass is 235 g/mol. The van der Waals surface area contributed by atoms with Gasteiger partial charge in [-0.15, -0.1) is 11.3 Å². The maximum absolute atomic E-state index is 8.83. The number of aromatic nitrogens is 1. The number of benzene rings is 1. The Labute approximate surface area is 98.4 Å². The zero-order valence-corrected chi connectivity index (χ0v) is 9.83. The first-order valence-corrected chi connectivity index (χ1v) is 5.91. The molecule has 4 heteroatoms. The molecule has 0 spiro atoms. The number of ether oxygens (including phenoxy) is 1. The van der Waals surface area contributed by atoms with Crippen molar-refractivity contribution >= 4 is 11.3 Å². The van der Waals surface area contributed by atoms with Crippen LogP contribution >= 0.6 is 11.3 Å². The number of hydrogen-bond donors (Lipinski definition) is 1. The lowest BCUT2D eigenvalue weighted by atomic mass is 10.2. The average molecular weight is 235 g/mol. The molecule has 1 N–H and O–H groups in total. The maximum atomic E-state index is 8.83. The quantitative estimate of drug-likeness (QED) is 0.884. The van der Waals surface area contributed by atoms with Crippen molar-refractivity contribution in [2.75, 3.05) is 13.7 Å². The van der Waals surface area contributed by atoms with Crippen LogP contribution in [0.2, 0.25) is 0 Å². The van der Waals surface area contributed by atoms with E-state index in [0.717, 1.165) is 22.0 Å². The Balaban J connectivity index is 2.27. The third kappa shape index (κ3) is 2.40. The summed E-state index contributed by atoms with van der Waals surface area (Å²) in [6, 6.07) is 7.81. The molecule has 0 saturated carbocycles. The topological polar surface area (TPSA) is 42.4 Å². The molecular weight excluding hydrogens is 222 g/mol. The number of thiazole rings is 1. The minimum Gasteiger partial charge on any atom is -0.497 e. The van der Waals surface area contributed by atoms with E-state index >= 15 is 0 Å². The molecule has 2 rings (SSSR count). The molecule has 0 bridgehead atoms. The second kappa shape index (κ2) is 5.09. The Morgan fingerprint density at radius 2 is 2.31 bits per heavy atom. The van der Waals surface area contributed by atoms with Gasteiger partial charge >= 0.3 is 0 Å². The van der Waals surface area contributed by atoms with Crippen LogP contribution in [0.25, 0.3) is 11.3 Å². The molecule has 1 aromatic carbocycles. The molecule has 1 aromatic heterocycles. The second-order valence-electron chi connectivity index (χ2n) is 3.33. The summed E-state index contributed by atoms with van der Waals surface area (Å²) in [4.78, 5) is 4.45. The lowest BCUT2D eigenvalue weighted by Crippen LogP contribution is -1.89. The van der Waals surface area contributed by atoms with E-state index in [4.69, 9.17) is 9.84 Å². The highest BCUT2D eigenvalue weighted by molar-refractivity contribution is 7.09. The number of methoxy groups -OCH3 is 1. The van der Waals surface area contributed by atoms with Crippen LogP contribution < -0.4 is 4.74 Å². The summed E-state index contributed by atoms with van der Waals surface area (Å²) in [6.07, 6.45) is 0.620. The maximum Gasteiger partial charge on any atom is 0.119 e. The third-order valence-electron chi connectivity index (χ3n) is 2.24. The molecule has 0 aliphatic rings. The van der Waals surface area contributed by atoms with Gasteiger partial charge in [0.2, 0.25) is 0 Å². The zero-order chi connectivity index (χ0) is 11.4. The van der Waals surface area contributed by atoms with E-state index in [1.165, 1.54) is 0 Å². The van der Waals surface area contributed by atoms with Gasteiger partial charge in [-0.1, -0.05) is 12.1 Å². The molecule has 0 saturated heterocycles. The summed E-state index contributed by atoms with van der Waals surface area (Å²) in [5.74, 6) is 0.828. The lowest BCUT2D eigenvalue weighted by Gasteiger charge is -2.01. The molecule has 2 aromatic rings. The van der Waals surface area contributed by atoms with Crippen molar-refractivity contribution in [3.63, 3.8) is 0 Å². The van der Waals surface area contributed by atoms with Crippen LogP contribution in [0, 0.1) is 0 Å². The second-order valence-corrected chi connectivity index (χ2v) is 4.27. The minimum atomic E-state index is 0.144. The molecule has 16 heavy (non-hydrogen) atoms. The lowest BCUT2D eigenvalue weighted by molar-refractivity contribution is 0.299. The van der Waals surface area contributed by atoms with Gasteiger partial charge in [0.15, 0.2) is 0 Å². The highest BCUT2D eigenvalue weighted by Crippen LogP contribution is 2.25. The molecule has 0 aliphatic heterocycles. The molecule has 0 amide bonds. The summed E-state index contributed by atoms with van der Waals surface area (Å²) < 4.78 is 5.17. The van der Waals surface area contributed by atoms with Gasteiger partial charge in [0, 0.05) is 24.0 Å². The third-order valence-corrected chi connectivity index (χ3v) is 3.15. The largest absolute Gasteiger partial charge is 0.497 e. The van der Waals surface area contributed by atoms with Gasteiger partial charge in [-0.2, -0.15) is 0 Å². The van der Waals surface area contributed by atoms with Crippen LogP contribution in [0.3, 0.4) is 0 Å². The SMILES string of the molecule is COc1cccc(-c2csc(CCO)n2)c1. The Kier molecular flexibility index (Phi) is 3.54. The number of aliphatic hydroxyl groups is 1. The number of rotatable bonds is 4. The molecule has 0 atom stereocenters. The molecule has 0 aliphatic carbocycles. The smallest absolute Gasteiger partial charge is 0.119 e. The van der Waals surface area contributed by atoms with Gasteiger partial charge < -0.3 is 9.84 Å². The van der Waals surface area contributed by atoms with E-state index in [-0.39, 0.29) is 6.61 Å². The summed E-state index contributed by atoms with van der Waals surface area (Å²) in [7, 11) is 1.65. The summed E-state index contributed by atoms with van der Waals surface area (Å²) in [5.41, 5.74) is 1.98. The highest BCUT2D eigenvalue weighted by Gasteiger charge is 2.04. The number of aliphatic hydroxyl groups excluding tert-OH is 1. The highest BCUT2D eigenvalue weighted by atomic mass is 32.1. The van der Waals surface area contributed by atoms with Crippen LogP contribution in [0.4, 0.5) is 0 Å². The normalized spacial score (nSPS) is 10.4. The van der Waals surface area contributed by atoms with Gasteiger partial charge in [-0.05, 0) is 12.1 Å². The van der Waals surface area contributed by atoms with E-state index in [2.05, 4.69) is 4.98 Å². The van der Waals surface area contributed by atoms with Crippen molar-refractivity contribution in [1.29, 1.82) is 0 Å². The van der Waals surface area contributed by atoms with Crippen LogP contribution in [0.15, 0.2) is 29.6 Å². The number of nitrogens with zero attached hydrogens (tertiary/aromatic N) is 1. The van der Waals surface area contributed by atoms with Crippen LogP contribution in [0.5, 0.6) is 5.75 Å². The van der Waals surface area contributed by atoms with Crippen LogP contribution in [-0.2, 0) is 6.42 Å². The summed E-state index contributed by atoms with van der Waals surface area (Å²) >= 11 is 1.57. The van der Waals surface area contributed by atoms with Gasteiger partial charge in [-0.25, -0.2) is 4.98 Å². The van der Waals surface area contributed by atoms with E-state index < -0.39 is 0 Å². The minimum absolute atomic E-state index is 0.144. The van der Waals surface area contributed by atoms with Gasteiger partial charge in [0.05, 0.1) is 17.8 Å². The van der Waals surface area contributed by atoms with E-state index in [1.807, 2.05) is 29.6 Å². The first-order chi connectivity index (χ1) is 7.83. The number of hydrogen-bond acceptors (Lipinski definition) is 4. The fourth-order valence-corrected chi connectivity index (χ4v) is 2.23. The van der Waals surface area contributed by atoms with E-state index in [1.54, 1.807) is 18.4 Å². The van der Waals surface area contributed by atoms with Gasteiger partial charge in [0.25, 0.3) is 0 Å². The van der Waals surface area contributed by atoms with Gasteiger partial charge in [-0.3, -0.25) is 0 Å². The van der Waals surface area contributed by atoms with Crippen LogP contribution in [0.1, 0.15) is 5.01 Å². The summed E-state index contributed by atoms with van der Waals surface area (Å²) in [5, 5.41) is 11.8. The van der Waals surface area contributed by atoms with Gasteiger partial charge in [0.1, 0.15) is 5.75 Å². The Morgan fingerprint density at radius 3 is 3.06 bits per heavy atom. The van der Waals surface area contributed by atoms with E-state index in [9.17, 15) is 0 Å². The Morgan fingerprint density at radius 1 is 1.44 bits per heavy atom. The first-order valence-electron chi connectivity index (χ1n) is 5.03. The van der Waals surface area contributed by atoms with Crippen molar-refractivity contribution < 1.29 is 9.84 Å². The predicted molar refractivity (Wildman–Crippen MR) is 64.9 cm³/mol. The Hall–Kier alpha value is -1.39. The van der Waals surface area contributed by atoms with Crippen molar-refractivity contribution in [2.24, 2.45) is 0 Å². The first kappa shape index (κ1) is 11.1. The molecule has 0 radical (unpaired) electrons. The van der Waals surface area contributed by atoms with Crippen LogP contribution in [-0.4, -0.2) is 23.8 Å². The summed E-state index contributed by atoms with van der Waals surface area (Å²) in [6.45, 7) is 0.144. The average Bonchev–Trinajstić information content (AvgIpc) is 2.78. The molecular formula is C12H13NO2S. The predicted octanol–water partition coefficient (Wildman–Crippen LogP) is 2.35.